The molecule has 3 aromatic rings. The lowest BCUT2D eigenvalue weighted by Crippen LogP contribution is -2.26. The highest BCUT2D eigenvalue weighted by atomic mass is 16.1. The summed E-state index contributed by atoms with van der Waals surface area (Å²) in [5, 5.41) is 11.1. The number of rotatable bonds is 10. The molecule has 0 aliphatic carbocycles. The second kappa shape index (κ2) is 10.9. The first kappa shape index (κ1) is 20.5. The van der Waals surface area contributed by atoms with E-state index in [0.29, 0.717) is 18.8 Å². The number of benzene rings is 2. The van der Waals surface area contributed by atoms with Crippen molar-refractivity contribution in [3.63, 3.8) is 0 Å². The molecule has 0 saturated carbocycles. The summed E-state index contributed by atoms with van der Waals surface area (Å²) in [6.07, 6.45) is 5.92. The molecule has 6 heteroatoms. The van der Waals surface area contributed by atoms with Crippen molar-refractivity contribution in [2.24, 2.45) is 0 Å². The van der Waals surface area contributed by atoms with Crippen molar-refractivity contribution in [1.82, 2.24) is 25.2 Å². The molecule has 0 atom stereocenters. The second-order valence-electron chi connectivity index (χ2n) is 7.03. The number of nitrogens with one attached hydrogen (secondary N) is 1. The minimum Gasteiger partial charge on any atom is -0.353 e. The van der Waals surface area contributed by atoms with E-state index >= 15 is 0 Å². The number of hydrogen-bond acceptors (Lipinski definition) is 4. The van der Waals surface area contributed by atoms with Gasteiger partial charge in [0.1, 0.15) is 5.69 Å². The zero-order valence-electron chi connectivity index (χ0n) is 16.7. The molecule has 1 heterocycles. The van der Waals surface area contributed by atoms with Gasteiger partial charge in [0.15, 0.2) is 0 Å². The van der Waals surface area contributed by atoms with Gasteiger partial charge in [0.2, 0.25) is 5.91 Å². The number of hydrogen-bond donors (Lipinski definition) is 1. The van der Waals surface area contributed by atoms with E-state index in [0.717, 1.165) is 25.1 Å². The zero-order chi connectivity index (χ0) is 20.3. The molecular formula is C23H27N5O. The Morgan fingerprint density at radius 3 is 2.48 bits per heavy atom. The largest absolute Gasteiger partial charge is 0.353 e. The summed E-state index contributed by atoms with van der Waals surface area (Å²) in [4.78, 5) is 14.2. The molecule has 0 radical (unpaired) electrons. The number of aromatic nitrogens is 3. The van der Waals surface area contributed by atoms with E-state index in [1.165, 1.54) is 11.6 Å². The molecule has 29 heavy (non-hydrogen) atoms. The lowest BCUT2D eigenvalue weighted by atomic mass is 10.2. The summed E-state index contributed by atoms with van der Waals surface area (Å²) < 4.78 is 1.76. The molecule has 0 bridgehead atoms. The number of nitrogens with zero attached hydrogens (tertiary/aromatic N) is 4. The third-order valence-corrected chi connectivity index (χ3v) is 4.46. The zero-order valence-corrected chi connectivity index (χ0v) is 16.7. The summed E-state index contributed by atoms with van der Waals surface area (Å²) in [6.45, 7) is 3.13. The number of carbonyl (C=O) groups excluding carboxylic acids is 1. The van der Waals surface area contributed by atoms with Gasteiger partial charge in [-0.05, 0) is 37.2 Å². The van der Waals surface area contributed by atoms with Gasteiger partial charge in [-0.1, -0.05) is 65.9 Å². The summed E-state index contributed by atoms with van der Waals surface area (Å²) >= 11 is 0. The maximum absolute atomic E-state index is 12.0. The van der Waals surface area contributed by atoms with E-state index in [9.17, 15) is 4.79 Å². The van der Waals surface area contributed by atoms with Crippen molar-refractivity contribution in [2.45, 2.75) is 19.5 Å². The summed E-state index contributed by atoms with van der Waals surface area (Å²) in [5.41, 5.74) is 3.11. The average molecular weight is 390 g/mol. The van der Waals surface area contributed by atoms with Gasteiger partial charge < -0.3 is 10.2 Å². The molecule has 6 nitrogen and oxygen atoms in total. The predicted molar refractivity (Wildman–Crippen MR) is 115 cm³/mol. The van der Waals surface area contributed by atoms with Crippen molar-refractivity contribution < 1.29 is 4.79 Å². The first-order valence-electron chi connectivity index (χ1n) is 9.81. The quantitative estimate of drug-likeness (QED) is 0.428. The fourth-order valence-electron chi connectivity index (χ4n) is 2.99. The predicted octanol–water partition coefficient (Wildman–Crippen LogP) is 2.98. The lowest BCUT2D eigenvalue weighted by molar-refractivity contribution is -0.116. The average Bonchev–Trinajstić information content (AvgIpc) is 3.18. The molecule has 150 valence electrons. The van der Waals surface area contributed by atoms with E-state index in [2.05, 4.69) is 51.8 Å². The molecule has 0 aliphatic heterocycles. The number of amides is 1. The standard InChI is InChI=1S/C23H27N5O/c1-27(17-20-9-4-2-5-10-20)16-8-15-24-23(29)14-13-22-19-28(26-25-22)18-21-11-6-3-7-12-21/h2-7,9-14,19H,8,15-18H2,1H3,(H,24,29)/b14-13+. The van der Waals surface area contributed by atoms with Crippen LogP contribution in [0.2, 0.25) is 0 Å². The molecule has 3 rings (SSSR count). The molecule has 0 aliphatic rings. The van der Waals surface area contributed by atoms with Gasteiger partial charge in [-0.25, -0.2) is 4.68 Å². The first-order chi connectivity index (χ1) is 14.2. The summed E-state index contributed by atoms with van der Waals surface area (Å²) in [6, 6.07) is 20.4. The van der Waals surface area contributed by atoms with Crippen LogP contribution in [-0.2, 0) is 17.9 Å². The molecule has 0 spiro atoms. The minimum atomic E-state index is -0.117. The Morgan fingerprint density at radius 1 is 1.07 bits per heavy atom. The van der Waals surface area contributed by atoms with Crippen molar-refractivity contribution in [2.75, 3.05) is 20.1 Å². The van der Waals surface area contributed by atoms with Gasteiger partial charge in [-0.3, -0.25) is 4.79 Å². The fourth-order valence-corrected chi connectivity index (χ4v) is 2.99. The van der Waals surface area contributed by atoms with Gasteiger partial charge >= 0.3 is 0 Å². The molecule has 0 unspecified atom stereocenters. The monoisotopic (exact) mass is 389 g/mol. The minimum absolute atomic E-state index is 0.117. The second-order valence-corrected chi connectivity index (χ2v) is 7.03. The molecule has 0 saturated heterocycles. The van der Waals surface area contributed by atoms with Crippen molar-refractivity contribution in [1.29, 1.82) is 0 Å². The van der Waals surface area contributed by atoms with Crippen LogP contribution in [0.3, 0.4) is 0 Å². The molecule has 1 N–H and O–H groups in total. The van der Waals surface area contributed by atoms with E-state index in [1.807, 2.05) is 42.6 Å². The molecule has 1 aromatic heterocycles. The highest BCUT2D eigenvalue weighted by Crippen LogP contribution is 2.04. The van der Waals surface area contributed by atoms with E-state index in [1.54, 1.807) is 10.8 Å². The highest BCUT2D eigenvalue weighted by molar-refractivity contribution is 5.91. The van der Waals surface area contributed by atoms with E-state index in [-0.39, 0.29) is 5.91 Å². The van der Waals surface area contributed by atoms with E-state index < -0.39 is 0 Å². The van der Waals surface area contributed by atoms with Gasteiger partial charge in [0.05, 0.1) is 12.7 Å². The Labute approximate surface area is 171 Å². The van der Waals surface area contributed by atoms with Crippen LogP contribution in [0.15, 0.2) is 72.9 Å². The third kappa shape index (κ3) is 7.35. The van der Waals surface area contributed by atoms with Crippen molar-refractivity contribution in [3.05, 3.63) is 89.8 Å². The fraction of sp³-hybridized carbons (Fsp3) is 0.261. The van der Waals surface area contributed by atoms with Gasteiger partial charge in [-0.15, -0.1) is 5.10 Å². The first-order valence-corrected chi connectivity index (χ1v) is 9.81. The molecule has 1 amide bonds. The Morgan fingerprint density at radius 2 is 1.76 bits per heavy atom. The number of carbonyl (C=O) groups is 1. The van der Waals surface area contributed by atoms with Crippen LogP contribution in [0.5, 0.6) is 0 Å². The lowest BCUT2D eigenvalue weighted by Gasteiger charge is -2.16. The van der Waals surface area contributed by atoms with Crippen molar-refractivity contribution >= 4 is 12.0 Å². The van der Waals surface area contributed by atoms with Crippen LogP contribution in [0.4, 0.5) is 0 Å². The maximum atomic E-state index is 12.0. The van der Waals surface area contributed by atoms with Crippen LogP contribution < -0.4 is 5.32 Å². The Kier molecular flexibility index (Phi) is 7.72. The van der Waals surface area contributed by atoms with Gasteiger partial charge in [-0.2, -0.15) is 0 Å². The van der Waals surface area contributed by atoms with Crippen molar-refractivity contribution in [3.8, 4) is 0 Å². The molecular weight excluding hydrogens is 362 g/mol. The van der Waals surface area contributed by atoms with E-state index in [4.69, 9.17) is 0 Å². The highest BCUT2D eigenvalue weighted by Gasteiger charge is 2.02. The smallest absolute Gasteiger partial charge is 0.244 e. The van der Waals surface area contributed by atoms with Crippen LogP contribution in [0, 0.1) is 0 Å². The summed E-state index contributed by atoms with van der Waals surface area (Å²) in [5.74, 6) is -0.117. The van der Waals surface area contributed by atoms with Crippen LogP contribution >= 0.6 is 0 Å². The molecule has 0 fully saturated rings. The summed E-state index contributed by atoms with van der Waals surface area (Å²) in [7, 11) is 2.09. The van der Waals surface area contributed by atoms with Gasteiger partial charge in [0, 0.05) is 19.2 Å². The topological polar surface area (TPSA) is 63.1 Å². The normalized spacial score (nSPS) is 11.2. The third-order valence-electron chi connectivity index (χ3n) is 4.46. The van der Waals surface area contributed by atoms with Crippen LogP contribution in [0.1, 0.15) is 23.2 Å². The Bertz CT molecular complexity index is 905. The Balaban J connectivity index is 1.34. The van der Waals surface area contributed by atoms with Crippen LogP contribution in [0.25, 0.3) is 6.08 Å². The Hall–Kier alpha value is -3.25. The van der Waals surface area contributed by atoms with Gasteiger partial charge in [0.25, 0.3) is 0 Å². The SMILES string of the molecule is CN(CCCNC(=O)/C=C/c1cn(Cc2ccccc2)nn1)Cc1ccccc1. The maximum Gasteiger partial charge on any atom is 0.244 e. The molecule has 2 aromatic carbocycles. The van der Waals surface area contributed by atoms with Crippen LogP contribution in [-0.4, -0.2) is 45.9 Å².